The minimum atomic E-state index is 0.00306. The first-order valence-electron chi connectivity index (χ1n) is 11.5. The van der Waals surface area contributed by atoms with E-state index >= 15 is 0 Å². The van der Waals surface area contributed by atoms with Crippen molar-refractivity contribution in [2.75, 3.05) is 50.7 Å². The van der Waals surface area contributed by atoms with E-state index < -0.39 is 0 Å². The second-order valence-corrected chi connectivity index (χ2v) is 8.62. The van der Waals surface area contributed by atoms with Crippen molar-refractivity contribution in [3.8, 4) is 6.07 Å². The molecular formula is C24H30N6O3. The molecule has 174 valence electrons. The van der Waals surface area contributed by atoms with E-state index in [9.17, 15) is 14.9 Å². The van der Waals surface area contributed by atoms with Gasteiger partial charge < -0.3 is 19.5 Å². The molecular weight excluding hydrogens is 420 g/mol. The molecule has 0 aliphatic carbocycles. The Bertz CT molecular complexity index is 999. The number of carbonyl (C=O) groups excluding carboxylic acids is 2. The molecule has 9 heteroatoms. The van der Waals surface area contributed by atoms with Crippen LogP contribution in [0.1, 0.15) is 30.0 Å². The van der Waals surface area contributed by atoms with Crippen molar-refractivity contribution in [2.24, 2.45) is 5.92 Å². The lowest BCUT2D eigenvalue weighted by atomic mass is 9.95. The zero-order valence-electron chi connectivity index (χ0n) is 19.0. The van der Waals surface area contributed by atoms with Crippen molar-refractivity contribution in [3.05, 3.63) is 47.5 Å². The summed E-state index contributed by atoms with van der Waals surface area (Å²) in [6.07, 6.45) is 1.53. The van der Waals surface area contributed by atoms with E-state index in [-0.39, 0.29) is 17.7 Å². The van der Waals surface area contributed by atoms with E-state index in [0.29, 0.717) is 56.7 Å². The number of carbonyl (C=O) groups is 2. The number of benzene rings is 1. The van der Waals surface area contributed by atoms with Gasteiger partial charge in [-0.2, -0.15) is 5.26 Å². The Hall–Kier alpha value is -3.38. The topological polar surface area (TPSA) is 106 Å². The van der Waals surface area contributed by atoms with Gasteiger partial charge in [0.15, 0.2) is 5.89 Å². The van der Waals surface area contributed by atoms with Crippen LogP contribution in [0.5, 0.6) is 0 Å². The Morgan fingerprint density at radius 2 is 1.82 bits per heavy atom. The molecule has 1 aromatic carbocycles. The van der Waals surface area contributed by atoms with Crippen LogP contribution in [0.2, 0.25) is 0 Å². The Morgan fingerprint density at radius 3 is 2.48 bits per heavy atom. The highest BCUT2D eigenvalue weighted by Gasteiger charge is 2.29. The standard InChI is InChI=1S/C24H30N6O3/c1-18-27-21(15-25)24(33-18)30-13-11-29(12-14-30)22(31)17-28-9-7-20(8-10-28)23(32)26-16-19-5-3-2-4-6-19/h2-6,20H,7-14,16-17H2,1H3,(H,26,32). The molecule has 0 radical (unpaired) electrons. The van der Waals surface area contributed by atoms with Crippen LogP contribution < -0.4 is 10.2 Å². The number of nitriles is 1. The third-order valence-corrected chi connectivity index (χ3v) is 6.37. The fraction of sp³-hybridized carbons (Fsp3) is 0.500. The molecule has 0 atom stereocenters. The Balaban J connectivity index is 1.18. The van der Waals surface area contributed by atoms with E-state index in [4.69, 9.17) is 4.42 Å². The summed E-state index contributed by atoms with van der Waals surface area (Å²) in [5.41, 5.74) is 1.39. The summed E-state index contributed by atoms with van der Waals surface area (Å²) < 4.78 is 5.58. The number of nitrogens with one attached hydrogen (secondary N) is 1. The van der Waals surface area contributed by atoms with Gasteiger partial charge in [0.05, 0.1) is 6.54 Å². The van der Waals surface area contributed by atoms with Gasteiger partial charge in [-0.25, -0.2) is 4.98 Å². The molecule has 0 unspecified atom stereocenters. The Kier molecular flexibility index (Phi) is 7.25. The van der Waals surface area contributed by atoms with E-state index in [2.05, 4.69) is 21.3 Å². The fourth-order valence-corrected chi connectivity index (χ4v) is 4.44. The van der Waals surface area contributed by atoms with Crippen molar-refractivity contribution in [1.29, 1.82) is 5.26 Å². The van der Waals surface area contributed by atoms with Gasteiger partial charge >= 0.3 is 0 Å². The fourth-order valence-electron chi connectivity index (χ4n) is 4.44. The summed E-state index contributed by atoms with van der Waals surface area (Å²) in [7, 11) is 0. The molecule has 0 spiro atoms. The number of anilines is 1. The number of piperidine rings is 1. The van der Waals surface area contributed by atoms with E-state index in [0.717, 1.165) is 31.5 Å². The molecule has 1 N–H and O–H groups in total. The largest absolute Gasteiger partial charge is 0.424 e. The Labute approximate surface area is 194 Å². The third-order valence-electron chi connectivity index (χ3n) is 6.37. The van der Waals surface area contributed by atoms with Crippen LogP contribution in [0.4, 0.5) is 5.88 Å². The summed E-state index contributed by atoms with van der Waals surface area (Å²) in [4.78, 5) is 35.4. The summed E-state index contributed by atoms with van der Waals surface area (Å²) in [6.45, 7) is 6.54. The van der Waals surface area contributed by atoms with E-state index in [1.807, 2.05) is 40.1 Å². The first-order valence-corrected chi connectivity index (χ1v) is 11.5. The number of aromatic nitrogens is 1. The molecule has 2 fully saturated rings. The zero-order valence-corrected chi connectivity index (χ0v) is 19.0. The van der Waals surface area contributed by atoms with Crippen molar-refractivity contribution in [3.63, 3.8) is 0 Å². The quantitative estimate of drug-likeness (QED) is 0.711. The summed E-state index contributed by atoms with van der Waals surface area (Å²) in [5, 5.41) is 12.3. The minimum Gasteiger partial charge on any atom is -0.424 e. The SMILES string of the molecule is Cc1nc(C#N)c(N2CCN(C(=O)CN3CCC(C(=O)NCc4ccccc4)CC3)CC2)o1. The first-order chi connectivity index (χ1) is 16.0. The van der Waals surface area contributed by atoms with Crippen LogP contribution in [-0.2, 0) is 16.1 Å². The van der Waals surface area contributed by atoms with Crippen molar-refractivity contribution < 1.29 is 14.0 Å². The maximum Gasteiger partial charge on any atom is 0.236 e. The molecule has 4 rings (SSSR count). The lowest BCUT2D eigenvalue weighted by Crippen LogP contribution is -2.52. The summed E-state index contributed by atoms with van der Waals surface area (Å²) >= 11 is 0. The zero-order chi connectivity index (χ0) is 23.2. The monoisotopic (exact) mass is 450 g/mol. The second kappa shape index (κ2) is 10.5. The van der Waals surface area contributed by atoms with Crippen LogP contribution in [0, 0.1) is 24.2 Å². The van der Waals surface area contributed by atoms with Crippen LogP contribution in [0.15, 0.2) is 34.7 Å². The summed E-state index contributed by atoms with van der Waals surface area (Å²) in [6, 6.07) is 12.0. The molecule has 0 saturated carbocycles. The number of amides is 2. The lowest BCUT2D eigenvalue weighted by molar-refractivity contribution is -0.133. The predicted octanol–water partition coefficient (Wildman–Crippen LogP) is 1.53. The number of oxazole rings is 1. The number of nitrogens with zero attached hydrogens (tertiary/aromatic N) is 5. The smallest absolute Gasteiger partial charge is 0.236 e. The van der Waals surface area contributed by atoms with Crippen LogP contribution in [0.3, 0.4) is 0 Å². The molecule has 3 heterocycles. The number of hydrogen-bond acceptors (Lipinski definition) is 7. The molecule has 2 amide bonds. The number of rotatable bonds is 6. The Morgan fingerprint density at radius 1 is 1.12 bits per heavy atom. The maximum atomic E-state index is 12.8. The van der Waals surface area contributed by atoms with Crippen LogP contribution in [-0.4, -0.2) is 72.4 Å². The van der Waals surface area contributed by atoms with E-state index in [1.165, 1.54) is 0 Å². The predicted molar refractivity (Wildman–Crippen MR) is 122 cm³/mol. The highest BCUT2D eigenvalue weighted by atomic mass is 16.4. The maximum absolute atomic E-state index is 12.8. The lowest BCUT2D eigenvalue weighted by Gasteiger charge is -2.36. The van der Waals surface area contributed by atoms with Gasteiger partial charge in [0.25, 0.3) is 0 Å². The number of hydrogen-bond donors (Lipinski definition) is 1. The van der Waals surface area contributed by atoms with Gasteiger partial charge in [-0.15, -0.1) is 0 Å². The third kappa shape index (κ3) is 5.71. The first kappa shape index (κ1) is 22.8. The number of aryl methyl sites for hydroxylation is 1. The number of piperazine rings is 1. The molecule has 9 nitrogen and oxygen atoms in total. The van der Waals surface area contributed by atoms with Crippen LogP contribution in [0.25, 0.3) is 0 Å². The van der Waals surface area contributed by atoms with Gasteiger partial charge in [-0.1, -0.05) is 30.3 Å². The number of likely N-dealkylation sites (tertiary alicyclic amines) is 1. The van der Waals surface area contributed by atoms with Gasteiger partial charge in [0.2, 0.25) is 23.4 Å². The molecule has 2 saturated heterocycles. The van der Waals surface area contributed by atoms with Crippen LogP contribution >= 0.6 is 0 Å². The molecule has 2 aliphatic rings. The second-order valence-electron chi connectivity index (χ2n) is 8.62. The molecule has 33 heavy (non-hydrogen) atoms. The molecule has 0 bridgehead atoms. The summed E-state index contributed by atoms with van der Waals surface area (Å²) in [5.74, 6) is 1.17. The van der Waals surface area contributed by atoms with E-state index in [1.54, 1.807) is 6.92 Å². The van der Waals surface area contributed by atoms with Gasteiger partial charge in [0.1, 0.15) is 6.07 Å². The average molecular weight is 451 g/mol. The van der Waals surface area contributed by atoms with Crippen molar-refractivity contribution in [1.82, 2.24) is 20.1 Å². The van der Waals surface area contributed by atoms with Gasteiger partial charge in [-0.05, 0) is 31.5 Å². The van der Waals surface area contributed by atoms with Crippen molar-refractivity contribution >= 4 is 17.7 Å². The highest BCUT2D eigenvalue weighted by molar-refractivity contribution is 5.79. The average Bonchev–Trinajstić information content (AvgIpc) is 3.24. The normalized spacial score (nSPS) is 17.6. The van der Waals surface area contributed by atoms with Gasteiger partial charge in [-0.3, -0.25) is 14.5 Å². The van der Waals surface area contributed by atoms with Crippen molar-refractivity contribution in [2.45, 2.75) is 26.3 Å². The minimum absolute atomic E-state index is 0.00306. The molecule has 1 aromatic heterocycles. The molecule has 2 aromatic rings. The van der Waals surface area contributed by atoms with Gasteiger partial charge in [0, 0.05) is 45.6 Å². The highest BCUT2D eigenvalue weighted by Crippen LogP contribution is 2.23. The molecule has 2 aliphatic heterocycles.